The van der Waals surface area contributed by atoms with Crippen molar-refractivity contribution in [3.8, 4) is 0 Å². The Bertz CT molecular complexity index is 542. The summed E-state index contributed by atoms with van der Waals surface area (Å²) in [6.45, 7) is 3.10. The average Bonchev–Trinajstić information content (AvgIpc) is 2.63. The van der Waals surface area contributed by atoms with Gasteiger partial charge in [0.25, 0.3) is 5.56 Å². The highest BCUT2D eigenvalue weighted by atomic mass is 16.1. The van der Waals surface area contributed by atoms with Crippen molar-refractivity contribution < 1.29 is 0 Å². The fraction of sp³-hybridized carbons (Fsp3) is 0.300. The number of nitrogens with zero attached hydrogens (tertiary/aromatic N) is 4. The number of rotatable bonds is 3. The van der Waals surface area contributed by atoms with E-state index < -0.39 is 0 Å². The first-order valence-electron chi connectivity index (χ1n) is 4.97. The Morgan fingerprint density at radius 2 is 2.25 bits per heavy atom. The van der Waals surface area contributed by atoms with Gasteiger partial charge in [-0.05, 0) is 6.92 Å². The molecule has 0 unspecified atom stereocenters. The van der Waals surface area contributed by atoms with Crippen LogP contribution in [0.4, 0.5) is 5.69 Å². The van der Waals surface area contributed by atoms with E-state index in [9.17, 15) is 4.79 Å². The number of hydrogen-bond acceptors (Lipinski definition) is 4. The molecule has 2 aromatic heterocycles. The fourth-order valence-corrected chi connectivity index (χ4v) is 1.46. The minimum absolute atomic E-state index is 0.183. The summed E-state index contributed by atoms with van der Waals surface area (Å²) < 4.78 is 3.35. The Kier molecular flexibility index (Phi) is 2.72. The van der Waals surface area contributed by atoms with Crippen molar-refractivity contribution in [1.82, 2.24) is 19.3 Å². The van der Waals surface area contributed by atoms with Gasteiger partial charge in [-0.1, -0.05) is 0 Å². The van der Waals surface area contributed by atoms with Crippen molar-refractivity contribution in [3.63, 3.8) is 0 Å². The largest absolute Gasteiger partial charge is 0.397 e. The van der Waals surface area contributed by atoms with Gasteiger partial charge in [0.15, 0.2) is 0 Å². The molecular formula is C10H13N5O. The molecule has 6 nitrogen and oxygen atoms in total. The highest BCUT2D eigenvalue weighted by Crippen LogP contribution is 1.96. The summed E-state index contributed by atoms with van der Waals surface area (Å²) in [7, 11) is 0. The molecule has 0 saturated heterocycles. The molecule has 0 aliphatic carbocycles. The number of aromatic nitrogens is 4. The van der Waals surface area contributed by atoms with E-state index in [1.54, 1.807) is 6.20 Å². The van der Waals surface area contributed by atoms with E-state index in [2.05, 4.69) is 10.1 Å². The summed E-state index contributed by atoms with van der Waals surface area (Å²) in [6, 6.07) is 1.37. The van der Waals surface area contributed by atoms with Crippen LogP contribution in [0, 0.1) is 6.92 Å². The van der Waals surface area contributed by atoms with Crippen molar-refractivity contribution >= 4 is 5.69 Å². The second-order valence-corrected chi connectivity index (χ2v) is 3.52. The first-order chi connectivity index (χ1) is 7.66. The lowest BCUT2D eigenvalue weighted by molar-refractivity contribution is 0.505. The van der Waals surface area contributed by atoms with Gasteiger partial charge in [-0.15, -0.1) is 0 Å². The van der Waals surface area contributed by atoms with Crippen LogP contribution >= 0.6 is 0 Å². The van der Waals surface area contributed by atoms with Crippen molar-refractivity contribution in [2.45, 2.75) is 20.0 Å². The Hall–Kier alpha value is -2.11. The summed E-state index contributed by atoms with van der Waals surface area (Å²) in [6.07, 6.45) is 5.08. The Morgan fingerprint density at radius 3 is 2.88 bits per heavy atom. The molecule has 2 rings (SSSR count). The molecule has 6 heteroatoms. The Labute approximate surface area is 92.3 Å². The number of aryl methyl sites for hydroxylation is 3. The van der Waals surface area contributed by atoms with E-state index in [0.29, 0.717) is 18.8 Å². The summed E-state index contributed by atoms with van der Waals surface area (Å²) >= 11 is 0. The maximum Gasteiger partial charge on any atom is 0.268 e. The number of imidazole rings is 1. The molecule has 0 radical (unpaired) electrons. The maximum atomic E-state index is 11.5. The van der Waals surface area contributed by atoms with E-state index in [1.807, 2.05) is 17.7 Å². The van der Waals surface area contributed by atoms with Crippen LogP contribution in [0.2, 0.25) is 0 Å². The molecule has 0 saturated carbocycles. The minimum atomic E-state index is -0.183. The van der Waals surface area contributed by atoms with E-state index in [4.69, 9.17) is 5.73 Å². The van der Waals surface area contributed by atoms with Gasteiger partial charge in [0, 0.05) is 25.0 Å². The summed E-state index contributed by atoms with van der Waals surface area (Å²) in [5.74, 6) is 0.920. The lowest BCUT2D eigenvalue weighted by atomic mass is 10.5. The van der Waals surface area contributed by atoms with E-state index >= 15 is 0 Å². The number of nitrogen functional groups attached to an aromatic ring is 1. The van der Waals surface area contributed by atoms with Crippen molar-refractivity contribution in [3.05, 3.63) is 40.8 Å². The molecule has 0 aliphatic heterocycles. The smallest absolute Gasteiger partial charge is 0.268 e. The van der Waals surface area contributed by atoms with E-state index in [-0.39, 0.29) is 5.56 Å². The lowest BCUT2D eigenvalue weighted by Crippen LogP contribution is -2.24. The lowest BCUT2D eigenvalue weighted by Gasteiger charge is -2.06. The molecule has 0 spiro atoms. The SMILES string of the molecule is Cc1nccn1CCn1ncc(N)cc1=O. The zero-order valence-electron chi connectivity index (χ0n) is 9.00. The van der Waals surface area contributed by atoms with Crippen LogP contribution in [0.15, 0.2) is 29.5 Å². The van der Waals surface area contributed by atoms with Gasteiger partial charge in [-0.25, -0.2) is 9.67 Å². The molecular weight excluding hydrogens is 206 g/mol. The van der Waals surface area contributed by atoms with E-state index in [1.165, 1.54) is 16.9 Å². The predicted molar refractivity (Wildman–Crippen MR) is 59.9 cm³/mol. The monoisotopic (exact) mass is 219 g/mol. The summed E-state index contributed by atoms with van der Waals surface area (Å²) in [5.41, 5.74) is 5.66. The van der Waals surface area contributed by atoms with Gasteiger partial charge in [-0.2, -0.15) is 5.10 Å². The molecule has 0 bridgehead atoms. The van der Waals surface area contributed by atoms with Crippen LogP contribution in [0.3, 0.4) is 0 Å². The van der Waals surface area contributed by atoms with Gasteiger partial charge in [0.05, 0.1) is 18.4 Å². The molecule has 0 amide bonds. The van der Waals surface area contributed by atoms with Crippen LogP contribution in [0.1, 0.15) is 5.82 Å². The van der Waals surface area contributed by atoms with Crippen molar-refractivity contribution in [2.75, 3.05) is 5.73 Å². The molecule has 2 aromatic rings. The molecule has 16 heavy (non-hydrogen) atoms. The third kappa shape index (κ3) is 2.10. The summed E-state index contributed by atoms with van der Waals surface area (Å²) in [4.78, 5) is 15.6. The van der Waals surface area contributed by atoms with Gasteiger partial charge in [0.2, 0.25) is 0 Å². The highest BCUT2D eigenvalue weighted by molar-refractivity contribution is 5.31. The minimum Gasteiger partial charge on any atom is -0.397 e. The van der Waals surface area contributed by atoms with Crippen LogP contribution in [0.25, 0.3) is 0 Å². The number of nitrogens with two attached hydrogens (primary N) is 1. The zero-order chi connectivity index (χ0) is 11.5. The van der Waals surface area contributed by atoms with Gasteiger partial charge in [-0.3, -0.25) is 4.79 Å². The topological polar surface area (TPSA) is 78.7 Å². The highest BCUT2D eigenvalue weighted by Gasteiger charge is 2.00. The molecule has 84 valence electrons. The zero-order valence-corrected chi connectivity index (χ0v) is 9.00. The second-order valence-electron chi connectivity index (χ2n) is 3.52. The first kappa shape index (κ1) is 10.4. The van der Waals surface area contributed by atoms with Crippen molar-refractivity contribution in [1.29, 1.82) is 0 Å². The van der Waals surface area contributed by atoms with Crippen LogP contribution in [-0.2, 0) is 13.1 Å². The fourth-order valence-electron chi connectivity index (χ4n) is 1.46. The summed E-state index contributed by atoms with van der Waals surface area (Å²) in [5, 5.41) is 3.95. The molecule has 0 aromatic carbocycles. The standard InChI is InChI=1S/C10H13N5O/c1-8-12-2-3-14(8)4-5-15-10(16)6-9(11)7-13-15/h2-3,6-7H,4-5,11H2,1H3. The van der Waals surface area contributed by atoms with Crippen molar-refractivity contribution in [2.24, 2.45) is 0 Å². The Morgan fingerprint density at radius 1 is 1.44 bits per heavy atom. The molecule has 0 fully saturated rings. The van der Waals surface area contributed by atoms with Gasteiger partial charge >= 0.3 is 0 Å². The molecule has 0 aliphatic rings. The Balaban J connectivity index is 2.11. The molecule has 2 heterocycles. The van der Waals surface area contributed by atoms with E-state index in [0.717, 1.165) is 5.82 Å². The second kappa shape index (κ2) is 4.18. The van der Waals surface area contributed by atoms with Gasteiger partial charge in [0.1, 0.15) is 5.82 Å². The maximum absolute atomic E-state index is 11.5. The number of anilines is 1. The average molecular weight is 219 g/mol. The quantitative estimate of drug-likeness (QED) is 0.790. The van der Waals surface area contributed by atoms with Gasteiger partial charge < -0.3 is 10.3 Å². The molecule has 0 atom stereocenters. The van der Waals surface area contributed by atoms with Crippen LogP contribution in [0.5, 0.6) is 0 Å². The molecule has 2 N–H and O–H groups in total. The predicted octanol–water partition coefficient (Wildman–Crippen LogP) is 0.0306. The third-order valence-electron chi connectivity index (χ3n) is 2.37. The van der Waals surface area contributed by atoms with Crippen LogP contribution in [-0.4, -0.2) is 19.3 Å². The third-order valence-corrected chi connectivity index (χ3v) is 2.37. The normalized spacial score (nSPS) is 10.6. The number of hydrogen-bond donors (Lipinski definition) is 1. The first-order valence-corrected chi connectivity index (χ1v) is 4.97. The van der Waals surface area contributed by atoms with Crippen LogP contribution < -0.4 is 11.3 Å².